The molecular formula is C42H34N2O4. The van der Waals surface area contributed by atoms with E-state index < -0.39 is 0 Å². The third kappa shape index (κ3) is 5.25. The summed E-state index contributed by atoms with van der Waals surface area (Å²) in [5.41, 5.74) is 4.08. The van der Waals surface area contributed by atoms with Crippen LogP contribution in [0.2, 0.25) is 0 Å². The third-order valence-electron chi connectivity index (χ3n) is 9.53. The lowest BCUT2D eigenvalue weighted by molar-refractivity contribution is 0.0791. The van der Waals surface area contributed by atoms with Gasteiger partial charge in [-0.15, -0.1) is 0 Å². The van der Waals surface area contributed by atoms with Crippen molar-refractivity contribution in [1.29, 1.82) is 0 Å². The molecule has 7 aromatic rings. The number of hydrogen-bond donors (Lipinski definition) is 0. The monoisotopic (exact) mass is 630 g/mol. The van der Waals surface area contributed by atoms with Gasteiger partial charge in [0.05, 0.1) is 0 Å². The summed E-state index contributed by atoms with van der Waals surface area (Å²) < 4.78 is 0. The highest BCUT2D eigenvalue weighted by Gasteiger charge is 2.25. The number of hydrogen-bond acceptors (Lipinski definition) is 4. The topological polar surface area (TPSA) is 74.8 Å². The number of fused-ring (bicyclic) bond motifs is 2. The number of amides is 2. The first-order valence-electron chi connectivity index (χ1n) is 16.1. The molecule has 0 aliphatic carbocycles. The van der Waals surface area contributed by atoms with Crippen molar-refractivity contribution in [3.8, 4) is 0 Å². The molecule has 2 amide bonds. The van der Waals surface area contributed by atoms with Crippen LogP contribution in [0.4, 0.5) is 0 Å². The molecule has 0 bridgehead atoms. The van der Waals surface area contributed by atoms with Gasteiger partial charge in [-0.3, -0.25) is 19.2 Å². The van der Waals surface area contributed by atoms with E-state index in [9.17, 15) is 19.2 Å². The summed E-state index contributed by atoms with van der Waals surface area (Å²) in [4.78, 5) is 56.2. The van der Waals surface area contributed by atoms with Gasteiger partial charge in [0.15, 0.2) is 12.6 Å². The Bertz CT molecular complexity index is 2160. The smallest absolute Gasteiger partial charge is 0.254 e. The largest absolute Gasteiger partial charge is 0.341 e. The Hall–Kier alpha value is -5.88. The summed E-state index contributed by atoms with van der Waals surface area (Å²) in [6.07, 6.45) is 3.03. The van der Waals surface area contributed by atoms with E-state index >= 15 is 0 Å². The van der Waals surface area contributed by atoms with E-state index in [4.69, 9.17) is 0 Å². The van der Waals surface area contributed by atoms with Crippen molar-refractivity contribution in [2.75, 3.05) is 27.2 Å². The van der Waals surface area contributed by atoms with E-state index in [0.717, 1.165) is 56.0 Å². The molecule has 0 N–H and O–H groups in total. The Morgan fingerprint density at radius 1 is 0.479 bits per heavy atom. The first-order valence-corrected chi connectivity index (χ1v) is 16.1. The molecule has 0 fully saturated rings. The molecule has 7 aromatic carbocycles. The maximum Gasteiger partial charge on any atom is 0.254 e. The number of nitrogens with zero attached hydrogens (tertiary/aromatic N) is 2. The molecular weight excluding hydrogens is 596 g/mol. The zero-order valence-corrected chi connectivity index (χ0v) is 26.9. The predicted octanol–water partition coefficient (Wildman–Crippen LogP) is 7.99. The lowest BCUT2D eigenvalue weighted by Gasteiger charge is -2.23. The van der Waals surface area contributed by atoms with E-state index in [2.05, 4.69) is 0 Å². The summed E-state index contributed by atoms with van der Waals surface area (Å²) in [7, 11) is 3.57. The first-order chi connectivity index (χ1) is 23.4. The highest BCUT2D eigenvalue weighted by Crippen LogP contribution is 2.44. The number of likely N-dealkylation sites (N-methyl/N-ethyl adjacent to an activating group) is 2. The lowest BCUT2D eigenvalue weighted by atomic mass is 9.84. The summed E-state index contributed by atoms with van der Waals surface area (Å²) in [5.74, 6) is -0.325. The Morgan fingerprint density at radius 2 is 0.833 bits per heavy atom. The minimum atomic E-state index is -0.163. The van der Waals surface area contributed by atoms with Crippen LogP contribution < -0.4 is 0 Å². The van der Waals surface area contributed by atoms with Gasteiger partial charge >= 0.3 is 0 Å². The molecule has 0 radical (unpaired) electrons. The number of aldehydes is 2. The van der Waals surface area contributed by atoms with Gasteiger partial charge in [0, 0.05) is 60.2 Å². The molecule has 0 spiro atoms. The molecule has 7 rings (SSSR count). The fraction of sp³-hybridized carbons (Fsp3) is 0.143. The molecule has 0 saturated carbocycles. The summed E-state index contributed by atoms with van der Waals surface area (Å²) >= 11 is 0. The van der Waals surface area contributed by atoms with Crippen molar-refractivity contribution in [1.82, 2.24) is 9.80 Å². The molecule has 236 valence electrons. The molecule has 48 heavy (non-hydrogen) atoms. The molecule has 0 aliphatic rings. The Kier molecular flexibility index (Phi) is 8.15. The van der Waals surface area contributed by atoms with E-state index in [1.54, 1.807) is 48.2 Å². The molecule has 0 aliphatic heterocycles. The summed E-state index contributed by atoms with van der Waals surface area (Å²) in [6, 6.07) is 34.8. The fourth-order valence-corrected chi connectivity index (χ4v) is 6.99. The van der Waals surface area contributed by atoms with Crippen LogP contribution in [0.15, 0.2) is 109 Å². The van der Waals surface area contributed by atoms with E-state index in [-0.39, 0.29) is 11.8 Å². The molecule has 0 unspecified atom stereocenters. The van der Waals surface area contributed by atoms with E-state index in [1.165, 1.54) is 0 Å². The molecule has 6 nitrogen and oxygen atoms in total. The van der Waals surface area contributed by atoms with Gasteiger partial charge in [-0.2, -0.15) is 0 Å². The average molecular weight is 631 g/mol. The van der Waals surface area contributed by atoms with Crippen LogP contribution in [-0.4, -0.2) is 61.4 Å². The fourth-order valence-electron chi connectivity index (χ4n) is 6.99. The van der Waals surface area contributed by atoms with Crippen LogP contribution >= 0.6 is 0 Å². The van der Waals surface area contributed by atoms with Crippen molar-refractivity contribution in [3.63, 3.8) is 0 Å². The van der Waals surface area contributed by atoms with Crippen molar-refractivity contribution >= 4 is 67.5 Å². The van der Waals surface area contributed by atoms with Gasteiger partial charge in [0.1, 0.15) is 0 Å². The van der Waals surface area contributed by atoms with E-state index in [1.807, 2.05) is 84.9 Å². The van der Waals surface area contributed by atoms with Gasteiger partial charge < -0.3 is 9.80 Å². The van der Waals surface area contributed by atoms with Gasteiger partial charge in [-0.05, 0) is 68.4 Å². The highest BCUT2D eigenvalue weighted by atomic mass is 16.2. The minimum Gasteiger partial charge on any atom is -0.341 e. The van der Waals surface area contributed by atoms with Gasteiger partial charge in [0.25, 0.3) is 11.8 Å². The zero-order chi connectivity index (χ0) is 33.4. The van der Waals surface area contributed by atoms with Crippen LogP contribution in [0.1, 0.15) is 52.6 Å². The first kappa shape index (κ1) is 30.8. The van der Waals surface area contributed by atoms with Crippen LogP contribution in [0, 0.1) is 0 Å². The zero-order valence-electron chi connectivity index (χ0n) is 26.9. The van der Waals surface area contributed by atoms with E-state index in [0.29, 0.717) is 59.0 Å². The van der Waals surface area contributed by atoms with Crippen molar-refractivity contribution in [2.45, 2.75) is 12.8 Å². The number of carbonyl (C=O) groups excluding carboxylic acids is 4. The van der Waals surface area contributed by atoms with Crippen molar-refractivity contribution in [3.05, 3.63) is 143 Å². The summed E-state index contributed by atoms with van der Waals surface area (Å²) in [6.45, 7) is 1.05. The van der Waals surface area contributed by atoms with Crippen LogP contribution in [0.25, 0.3) is 43.1 Å². The number of benzene rings is 7. The predicted molar refractivity (Wildman–Crippen MR) is 193 cm³/mol. The summed E-state index contributed by atoms with van der Waals surface area (Å²) in [5, 5.41) is 6.25. The van der Waals surface area contributed by atoms with Crippen LogP contribution in [0.5, 0.6) is 0 Å². The number of rotatable bonds is 10. The number of carbonyl (C=O) groups is 4. The maximum atomic E-state index is 14.0. The molecule has 0 aromatic heterocycles. The Morgan fingerprint density at radius 3 is 1.19 bits per heavy atom. The second-order valence-electron chi connectivity index (χ2n) is 12.4. The lowest BCUT2D eigenvalue weighted by Crippen LogP contribution is -2.29. The Balaban J connectivity index is 1.37. The molecule has 0 heterocycles. The SMILES string of the molecule is CN(CCc1ccccc1)C(=O)c1ccc2c3ccc(C(=O)N(C)CCc4ccccc4)c4c(C=O)ccc(c5ccc(C=O)c1c52)c43. The maximum absolute atomic E-state index is 14.0. The van der Waals surface area contributed by atoms with Crippen LogP contribution in [-0.2, 0) is 12.8 Å². The van der Waals surface area contributed by atoms with Crippen molar-refractivity contribution in [2.24, 2.45) is 0 Å². The van der Waals surface area contributed by atoms with Crippen LogP contribution in [0.3, 0.4) is 0 Å². The Labute approximate surface area is 278 Å². The van der Waals surface area contributed by atoms with Gasteiger partial charge in [-0.25, -0.2) is 0 Å². The van der Waals surface area contributed by atoms with Crippen molar-refractivity contribution < 1.29 is 19.2 Å². The second-order valence-corrected chi connectivity index (χ2v) is 12.4. The average Bonchev–Trinajstić information content (AvgIpc) is 3.14. The highest BCUT2D eigenvalue weighted by molar-refractivity contribution is 6.37. The molecule has 6 heteroatoms. The molecule has 0 atom stereocenters. The second kappa shape index (κ2) is 12.7. The van der Waals surface area contributed by atoms with Gasteiger partial charge in [0.2, 0.25) is 0 Å². The van der Waals surface area contributed by atoms with Gasteiger partial charge in [-0.1, -0.05) is 97.1 Å². The standard InChI is InChI=1S/C42H34N2O4/c1-43(23-21-27-9-5-3-6-10-27)41(47)35-19-17-33-34-18-20-36(42(48)44(2)24-22-28-11-7-4-8-12-28)38-30(26-46)14-16-32(40(34)38)31-15-13-29(25-45)37(35)39(31)33/h3-20,25-26H,21-24H2,1-2H3. The minimum absolute atomic E-state index is 0.163. The molecule has 0 saturated heterocycles. The quantitative estimate of drug-likeness (QED) is 0.0872. The third-order valence-corrected chi connectivity index (χ3v) is 9.53. The normalized spacial score (nSPS) is 11.4.